The van der Waals surface area contributed by atoms with Crippen LogP contribution in [0.2, 0.25) is 0 Å². The molecule has 4 nitrogen and oxygen atoms in total. The largest absolute Gasteiger partial charge is 0.320 e. The summed E-state index contributed by atoms with van der Waals surface area (Å²) in [6, 6.07) is 9.85. The highest BCUT2D eigenvalue weighted by Gasteiger charge is 2.16. The summed E-state index contributed by atoms with van der Waals surface area (Å²) in [5.74, 6) is 0.158. The Morgan fingerprint density at radius 2 is 1.92 bits per heavy atom. The first kappa shape index (κ1) is 16.3. The van der Waals surface area contributed by atoms with Gasteiger partial charge in [-0.2, -0.15) is 0 Å². The van der Waals surface area contributed by atoms with Gasteiger partial charge < -0.3 is 5.32 Å². The summed E-state index contributed by atoms with van der Waals surface area (Å²) in [5.41, 5.74) is 4.47. The molecule has 1 amide bonds. The molecule has 0 aliphatic rings. The van der Waals surface area contributed by atoms with Crippen molar-refractivity contribution in [3.05, 3.63) is 64.9 Å². The lowest BCUT2D eigenvalue weighted by Gasteiger charge is -2.15. The number of pyridine rings is 1. The van der Waals surface area contributed by atoms with Gasteiger partial charge in [0.25, 0.3) is 5.91 Å². The van der Waals surface area contributed by atoms with Crippen molar-refractivity contribution in [2.45, 2.75) is 26.7 Å². The van der Waals surface area contributed by atoms with Gasteiger partial charge in [-0.1, -0.05) is 32.0 Å². The van der Waals surface area contributed by atoms with Crippen LogP contribution >= 0.6 is 11.3 Å². The second-order valence-electron chi connectivity index (χ2n) is 5.92. The van der Waals surface area contributed by atoms with Gasteiger partial charge >= 0.3 is 0 Å². The number of thiazole rings is 1. The van der Waals surface area contributed by atoms with Crippen molar-refractivity contribution in [1.82, 2.24) is 9.97 Å². The van der Waals surface area contributed by atoms with Gasteiger partial charge in [-0.15, -0.1) is 11.3 Å². The molecule has 0 aliphatic carbocycles. The molecule has 0 unspecified atom stereocenters. The second kappa shape index (κ2) is 6.93. The van der Waals surface area contributed by atoms with Crippen LogP contribution in [-0.2, 0) is 0 Å². The first-order valence-corrected chi connectivity index (χ1v) is 8.71. The number of benzene rings is 1. The highest BCUT2D eigenvalue weighted by molar-refractivity contribution is 7.13. The lowest BCUT2D eigenvalue weighted by atomic mass is 9.98. The Kier molecular flexibility index (Phi) is 4.71. The van der Waals surface area contributed by atoms with E-state index in [1.807, 2.05) is 31.2 Å². The van der Waals surface area contributed by atoms with Crippen LogP contribution in [0.3, 0.4) is 0 Å². The van der Waals surface area contributed by atoms with Gasteiger partial charge in [0.15, 0.2) is 0 Å². The quantitative estimate of drug-likeness (QED) is 0.737. The molecule has 0 saturated heterocycles. The van der Waals surface area contributed by atoms with E-state index in [0.29, 0.717) is 11.6 Å². The Morgan fingerprint density at radius 1 is 1.17 bits per heavy atom. The van der Waals surface area contributed by atoms with Crippen molar-refractivity contribution >= 4 is 22.9 Å². The second-order valence-corrected chi connectivity index (χ2v) is 6.78. The Hall–Kier alpha value is -2.53. The molecule has 0 fully saturated rings. The SMILES string of the molecule is Cc1cccc(C(C)C)c1NC(=O)c1csc(-c2ccncc2)n1. The molecule has 0 spiro atoms. The van der Waals surface area contributed by atoms with E-state index in [9.17, 15) is 4.79 Å². The van der Waals surface area contributed by atoms with E-state index in [2.05, 4.69) is 35.2 Å². The number of nitrogens with one attached hydrogen (secondary N) is 1. The number of nitrogens with zero attached hydrogens (tertiary/aromatic N) is 2. The lowest BCUT2D eigenvalue weighted by Crippen LogP contribution is -2.15. The molecule has 0 radical (unpaired) electrons. The third-order valence-electron chi connectivity index (χ3n) is 3.83. The standard InChI is InChI=1S/C19H19N3OS/c1-12(2)15-6-4-5-13(3)17(15)22-18(23)16-11-24-19(21-16)14-7-9-20-10-8-14/h4-12H,1-3H3,(H,22,23). The summed E-state index contributed by atoms with van der Waals surface area (Å²) in [7, 11) is 0. The Balaban J connectivity index is 1.86. The number of anilines is 1. The van der Waals surface area contributed by atoms with Crippen molar-refractivity contribution in [3.8, 4) is 10.6 Å². The van der Waals surface area contributed by atoms with Gasteiger partial charge in [-0.25, -0.2) is 4.98 Å². The van der Waals surface area contributed by atoms with Gasteiger partial charge in [0.2, 0.25) is 0 Å². The average Bonchev–Trinajstić information content (AvgIpc) is 3.07. The summed E-state index contributed by atoms with van der Waals surface area (Å²) in [4.78, 5) is 21.1. The molecular weight excluding hydrogens is 318 g/mol. The van der Waals surface area contributed by atoms with Crippen molar-refractivity contribution in [1.29, 1.82) is 0 Å². The lowest BCUT2D eigenvalue weighted by molar-refractivity contribution is 0.102. The van der Waals surface area contributed by atoms with Gasteiger partial charge in [0, 0.05) is 29.0 Å². The van der Waals surface area contributed by atoms with Crippen LogP contribution in [0.5, 0.6) is 0 Å². The summed E-state index contributed by atoms with van der Waals surface area (Å²) in [6.07, 6.45) is 3.44. The maximum atomic E-state index is 12.6. The fourth-order valence-corrected chi connectivity index (χ4v) is 3.33. The zero-order valence-corrected chi connectivity index (χ0v) is 14.7. The normalized spacial score (nSPS) is 10.8. The van der Waals surface area contributed by atoms with E-state index >= 15 is 0 Å². The first-order chi connectivity index (χ1) is 11.6. The van der Waals surface area contributed by atoms with E-state index in [0.717, 1.165) is 27.4 Å². The minimum Gasteiger partial charge on any atom is -0.320 e. The number of aryl methyl sites for hydroxylation is 1. The molecule has 2 aromatic heterocycles. The number of hydrogen-bond donors (Lipinski definition) is 1. The Bertz CT molecular complexity index is 856. The molecule has 0 bridgehead atoms. The fraction of sp³-hybridized carbons (Fsp3) is 0.211. The topological polar surface area (TPSA) is 54.9 Å². The summed E-state index contributed by atoms with van der Waals surface area (Å²) in [6.45, 7) is 6.24. The number of carbonyl (C=O) groups excluding carboxylic acids is 1. The average molecular weight is 337 g/mol. The van der Waals surface area contributed by atoms with Crippen molar-refractivity contribution < 1.29 is 4.79 Å². The van der Waals surface area contributed by atoms with E-state index in [1.54, 1.807) is 17.8 Å². The zero-order valence-electron chi connectivity index (χ0n) is 13.9. The Labute approximate surface area is 145 Å². The van der Waals surface area contributed by atoms with Crippen LogP contribution in [0.25, 0.3) is 10.6 Å². The third kappa shape index (κ3) is 3.36. The van der Waals surface area contributed by atoms with Gasteiger partial charge in [0.05, 0.1) is 0 Å². The molecule has 24 heavy (non-hydrogen) atoms. The number of carbonyl (C=O) groups is 1. The molecular formula is C19H19N3OS. The molecule has 3 aromatic rings. The number of amides is 1. The number of aromatic nitrogens is 2. The highest BCUT2D eigenvalue weighted by Crippen LogP contribution is 2.28. The molecule has 0 saturated carbocycles. The molecule has 5 heteroatoms. The van der Waals surface area contributed by atoms with Gasteiger partial charge in [0.1, 0.15) is 10.7 Å². The predicted molar refractivity (Wildman–Crippen MR) is 98.6 cm³/mol. The van der Waals surface area contributed by atoms with Crippen LogP contribution in [0.4, 0.5) is 5.69 Å². The zero-order chi connectivity index (χ0) is 17.1. The number of rotatable bonds is 4. The summed E-state index contributed by atoms with van der Waals surface area (Å²) < 4.78 is 0. The first-order valence-electron chi connectivity index (χ1n) is 7.83. The summed E-state index contributed by atoms with van der Waals surface area (Å²) >= 11 is 1.46. The maximum Gasteiger partial charge on any atom is 0.275 e. The predicted octanol–water partition coefficient (Wildman–Crippen LogP) is 4.89. The van der Waals surface area contributed by atoms with Crippen LogP contribution < -0.4 is 5.32 Å². The Morgan fingerprint density at radius 3 is 2.62 bits per heavy atom. The van der Waals surface area contributed by atoms with Crippen molar-refractivity contribution in [2.75, 3.05) is 5.32 Å². The van der Waals surface area contributed by atoms with Crippen molar-refractivity contribution in [3.63, 3.8) is 0 Å². The molecule has 1 N–H and O–H groups in total. The molecule has 3 rings (SSSR count). The van der Waals surface area contributed by atoms with Crippen LogP contribution in [0.1, 0.15) is 41.4 Å². The minimum absolute atomic E-state index is 0.178. The monoisotopic (exact) mass is 337 g/mol. The van der Waals surface area contributed by atoms with Crippen LogP contribution in [-0.4, -0.2) is 15.9 Å². The molecule has 2 heterocycles. The summed E-state index contributed by atoms with van der Waals surface area (Å²) in [5, 5.41) is 5.64. The number of para-hydroxylation sites is 1. The van der Waals surface area contributed by atoms with Crippen LogP contribution in [0.15, 0.2) is 48.1 Å². The molecule has 0 atom stereocenters. The van der Waals surface area contributed by atoms with E-state index in [4.69, 9.17) is 0 Å². The van der Waals surface area contributed by atoms with Crippen LogP contribution in [0, 0.1) is 6.92 Å². The van der Waals surface area contributed by atoms with E-state index in [-0.39, 0.29) is 5.91 Å². The van der Waals surface area contributed by atoms with E-state index < -0.39 is 0 Å². The van der Waals surface area contributed by atoms with Gasteiger partial charge in [-0.3, -0.25) is 9.78 Å². The highest BCUT2D eigenvalue weighted by atomic mass is 32.1. The fourth-order valence-electron chi connectivity index (χ4n) is 2.53. The molecule has 1 aromatic carbocycles. The maximum absolute atomic E-state index is 12.6. The van der Waals surface area contributed by atoms with Gasteiger partial charge in [-0.05, 0) is 36.1 Å². The number of hydrogen-bond acceptors (Lipinski definition) is 4. The van der Waals surface area contributed by atoms with Crippen molar-refractivity contribution in [2.24, 2.45) is 0 Å². The third-order valence-corrected chi connectivity index (χ3v) is 4.72. The molecule has 122 valence electrons. The smallest absolute Gasteiger partial charge is 0.275 e. The minimum atomic E-state index is -0.178. The molecule has 0 aliphatic heterocycles. The van der Waals surface area contributed by atoms with E-state index in [1.165, 1.54) is 11.3 Å².